The molecule has 10 aromatic carbocycles. The van der Waals surface area contributed by atoms with Gasteiger partial charge < -0.3 is 9.13 Å². The summed E-state index contributed by atoms with van der Waals surface area (Å²) in [5, 5.41) is 7.45. The number of fused-ring (bicyclic) bond motifs is 16. The second kappa shape index (κ2) is 14.0. The van der Waals surface area contributed by atoms with E-state index in [9.17, 15) is 0 Å². The lowest BCUT2D eigenvalue weighted by molar-refractivity contribution is 0.660. The van der Waals surface area contributed by atoms with Crippen molar-refractivity contribution in [2.75, 3.05) is 0 Å². The van der Waals surface area contributed by atoms with E-state index in [1.165, 1.54) is 87.9 Å². The molecule has 0 bridgehead atoms. The van der Waals surface area contributed by atoms with E-state index in [1.54, 1.807) is 0 Å². The number of benzene rings is 10. The van der Waals surface area contributed by atoms with Crippen LogP contribution in [-0.4, -0.2) is 19.1 Å². The fourth-order valence-electron chi connectivity index (χ4n) is 12.7. The average molecular weight is 895 g/mol. The quantitative estimate of drug-likeness (QED) is 0.176. The summed E-state index contributed by atoms with van der Waals surface area (Å²) in [6, 6.07) is 76.0. The van der Waals surface area contributed by atoms with Gasteiger partial charge in [-0.2, -0.15) is 0 Å². The van der Waals surface area contributed by atoms with E-state index in [4.69, 9.17) is 9.97 Å². The summed E-state index contributed by atoms with van der Waals surface area (Å²) in [6.07, 6.45) is 0. The van der Waals surface area contributed by atoms with Crippen molar-refractivity contribution in [1.29, 1.82) is 0 Å². The summed E-state index contributed by atoms with van der Waals surface area (Å²) < 4.78 is 4.91. The van der Waals surface area contributed by atoms with Crippen LogP contribution in [-0.2, 0) is 10.8 Å². The molecule has 70 heavy (non-hydrogen) atoms. The van der Waals surface area contributed by atoms with Crippen LogP contribution in [0.5, 0.6) is 0 Å². The lowest BCUT2D eigenvalue weighted by atomic mass is 9.81. The summed E-state index contributed by atoms with van der Waals surface area (Å²) >= 11 is 0. The lowest BCUT2D eigenvalue weighted by Gasteiger charge is -2.23. The van der Waals surface area contributed by atoms with Gasteiger partial charge in [0.25, 0.3) is 0 Å². The molecule has 2 aliphatic carbocycles. The number of rotatable bonds is 4. The largest absolute Gasteiger partial charge is 0.309 e. The predicted molar refractivity (Wildman–Crippen MR) is 292 cm³/mol. The molecule has 4 heteroatoms. The topological polar surface area (TPSA) is 35.6 Å². The SMILES string of the molecule is CC1(C)c2ccccc2-c2ccc(-c3nc4ccc(-n5c6ccccc6c6c5ccc5c7c8ccccc8ccc7n(-c7ccccc7)c56)cc4nc3-c3ccc4c(c3)C(C)(C)c3ccccc3-4)cc21. The first-order valence-electron chi connectivity index (χ1n) is 24.5. The molecule has 0 spiro atoms. The Balaban J connectivity index is 0.978. The van der Waals surface area contributed by atoms with Gasteiger partial charge in [0.1, 0.15) is 0 Å². The van der Waals surface area contributed by atoms with Crippen LogP contribution in [0.4, 0.5) is 0 Å². The van der Waals surface area contributed by atoms with Gasteiger partial charge in [0.15, 0.2) is 0 Å². The van der Waals surface area contributed by atoms with Crippen LogP contribution in [0, 0.1) is 0 Å². The zero-order chi connectivity index (χ0) is 46.6. The van der Waals surface area contributed by atoms with Crippen molar-refractivity contribution >= 4 is 65.4 Å². The third-order valence-electron chi connectivity index (χ3n) is 16.1. The molecule has 2 aliphatic rings. The van der Waals surface area contributed by atoms with Crippen molar-refractivity contribution < 1.29 is 0 Å². The normalized spacial score (nSPS) is 14.2. The summed E-state index contributed by atoms with van der Waals surface area (Å²) in [7, 11) is 0. The Kier molecular flexibility index (Phi) is 7.88. The smallest absolute Gasteiger partial charge is 0.0973 e. The van der Waals surface area contributed by atoms with Crippen molar-refractivity contribution in [3.05, 3.63) is 229 Å². The monoisotopic (exact) mass is 894 g/mol. The molecule has 330 valence electrons. The molecule has 13 aromatic rings. The molecule has 3 aromatic heterocycles. The van der Waals surface area contributed by atoms with E-state index in [2.05, 4.69) is 243 Å². The Hall–Kier alpha value is -8.60. The van der Waals surface area contributed by atoms with Crippen LogP contribution >= 0.6 is 0 Å². The van der Waals surface area contributed by atoms with Crippen molar-refractivity contribution in [3.8, 4) is 56.1 Å². The standard InChI is InChI=1S/C66H46N4/c1-65(2)51-23-13-10-20-45(51)47-30-26-40(36-53(47)65)62-63(41-27-31-48-46-21-11-14-24-52(46)66(3,4)54(48)37-41)68-56-38-43(29-33-55(56)67-62)69-57-25-15-12-22-49(57)61-59(69)35-32-50-60-44-19-9-8-16-39(44)28-34-58(60)70(64(50)61)42-17-6-5-7-18-42/h5-38H,1-4H3. The maximum atomic E-state index is 5.73. The van der Waals surface area contributed by atoms with Gasteiger partial charge in [-0.05, 0) is 116 Å². The number of nitrogens with zero attached hydrogens (tertiary/aromatic N) is 4. The average Bonchev–Trinajstić information content (AvgIpc) is 4.07. The molecule has 0 N–H and O–H groups in total. The Bertz CT molecular complexity index is 4410. The van der Waals surface area contributed by atoms with Gasteiger partial charge in [0.05, 0.1) is 44.5 Å². The fourth-order valence-corrected chi connectivity index (χ4v) is 12.7. The van der Waals surface area contributed by atoms with Crippen molar-refractivity contribution in [2.24, 2.45) is 0 Å². The number of hydrogen-bond acceptors (Lipinski definition) is 2. The van der Waals surface area contributed by atoms with Crippen LogP contribution < -0.4 is 0 Å². The molecule has 0 saturated heterocycles. The van der Waals surface area contributed by atoms with Gasteiger partial charge in [-0.25, -0.2) is 9.97 Å². The molecule has 0 fully saturated rings. The van der Waals surface area contributed by atoms with Crippen molar-refractivity contribution in [2.45, 2.75) is 38.5 Å². The molecule has 3 heterocycles. The molecule has 0 aliphatic heterocycles. The van der Waals surface area contributed by atoms with Crippen molar-refractivity contribution in [3.63, 3.8) is 0 Å². The van der Waals surface area contributed by atoms with E-state index in [0.717, 1.165) is 56.0 Å². The van der Waals surface area contributed by atoms with Crippen LogP contribution in [0.25, 0.3) is 122 Å². The summed E-state index contributed by atoms with van der Waals surface area (Å²) in [5.74, 6) is 0. The van der Waals surface area contributed by atoms with Gasteiger partial charge in [0, 0.05) is 54.9 Å². The van der Waals surface area contributed by atoms with Gasteiger partial charge in [0.2, 0.25) is 0 Å². The Morgan fingerprint density at radius 2 is 0.900 bits per heavy atom. The van der Waals surface area contributed by atoms with E-state index in [0.29, 0.717) is 0 Å². The number of hydrogen-bond donors (Lipinski definition) is 0. The molecular formula is C66H46N4. The minimum atomic E-state index is -0.163. The highest BCUT2D eigenvalue weighted by atomic mass is 15.0. The summed E-state index contributed by atoms with van der Waals surface area (Å²) in [6.45, 7) is 9.39. The second-order valence-electron chi connectivity index (χ2n) is 20.5. The molecule has 0 unspecified atom stereocenters. The summed E-state index contributed by atoms with van der Waals surface area (Å²) in [4.78, 5) is 11.3. The molecule has 4 nitrogen and oxygen atoms in total. The predicted octanol–water partition coefficient (Wildman–Crippen LogP) is 16.9. The van der Waals surface area contributed by atoms with Crippen LogP contribution in [0.1, 0.15) is 49.9 Å². The maximum absolute atomic E-state index is 5.73. The number of para-hydroxylation sites is 2. The van der Waals surface area contributed by atoms with Crippen LogP contribution in [0.3, 0.4) is 0 Å². The lowest BCUT2D eigenvalue weighted by Crippen LogP contribution is -2.15. The van der Waals surface area contributed by atoms with Crippen LogP contribution in [0.15, 0.2) is 206 Å². The molecule has 0 saturated carbocycles. The Labute approximate surface area is 405 Å². The van der Waals surface area contributed by atoms with Crippen LogP contribution in [0.2, 0.25) is 0 Å². The highest BCUT2D eigenvalue weighted by molar-refractivity contribution is 6.30. The third kappa shape index (κ3) is 5.25. The second-order valence-corrected chi connectivity index (χ2v) is 20.5. The molecular weight excluding hydrogens is 849 g/mol. The van der Waals surface area contributed by atoms with Crippen molar-refractivity contribution in [1.82, 2.24) is 19.1 Å². The minimum Gasteiger partial charge on any atom is -0.309 e. The first kappa shape index (κ1) is 39.4. The highest BCUT2D eigenvalue weighted by Gasteiger charge is 2.37. The van der Waals surface area contributed by atoms with Gasteiger partial charge in [-0.1, -0.05) is 173 Å². The van der Waals surface area contributed by atoms with E-state index >= 15 is 0 Å². The van der Waals surface area contributed by atoms with E-state index < -0.39 is 0 Å². The van der Waals surface area contributed by atoms with Gasteiger partial charge >= 0.3 is 0 Å². The highest BCUT2D eigenvalue weighted by Crippen LogP contribution is 2.52. The summed E-state index contributed by atoms with van der Waals surface area (Å²) in [5.41, 5.74) is 22.8. The van der Waals surface area contributed by atoms with E-state index in [-0.39, 0.29) is 10.8 Å². The third-order valence-corrected chi connectivity index (χ3v) is 16.1. The zero-order valence-corrected chi connectivity index (χ0v) is 39.4. The van der Waals surface area contributed by atoms with Gasteiger partial charge in [-0.3, -0.25) is 0 Å². The van der Waals surface area contributed by atoms with Gasteiger partial charge in [-0.15, -0.1) is 0 Å². The molecule has 0 amide bonds. The molecule has 15 rings (SSSR count). The minimum absolute atomic E-state index is 0.151. The Morgan fingerprint density at radius 3 is 1.60 bits per heavy atom. The molecule has 0 radical (unpaired) electrons. The molecule has 0 atom stereocenters. The van der Waals surface area contributed by atoms with E-state index in [1.807, 2.05) is 0 Å². The maximum Gasteiger partial charge on any atom is 0.0973 e. The zero-order valence-electron chi connectivity index (χ0n) is 39.4. The first-order chi connectivity index (χ1) is 34.2. The first-order valence-corrected chi connectivity index (χ1v) is 24.5. The fraction of sp³-hybridized carbons (Fsp3) is 0.0909. The number of aromatic nitrogens is 4. The Morgan fingerprint density at radius 1 is 0.343 bits per heavy atom.